The van der Waals surface area contributed by atoms with E-state index >= 15 is 0 Å². The third-order valence-corrected chi connectivity index (χ3v) is 3.20. The number of hydrogen-bond donors (Lipinski definition) is 1. The van der Waals surface area contributed by atoms with Crippen LogP contribution in [-0.4, -0.2) is 5.91 Å². The molecule has 3 heteroatoms. The van der Waals surface area contributed by atoms with Crippen LogP contribution in [0.5, 0.6) is 0 Å². The molecule has 0 saturated heterocycles. The van der Waals surface area contributed by atoms with Gasteiger partial charge in [0, 0.05) is 5.41 Å². The van der Waals surface area contributed by atoms with Gasteiger partial charge < -0.3 is 5.32 Å². The van der Waals surface area contributed by atoms with Crippen LogP contribution in [0.25, 0.3) is 0 Å². The summed E-state index contributed by atoms with van der Waals surface area (Å²) in [5.74, 6) is -0.121. The second-order valence-corrected chi connectivity index (χ2v) is 7.16. The van der Waals surface area contributed by atoms with Crippen molar-refractivity contribution < 1.29 is 4.79 Å². The summed E-state index contributed by atoms with van der Waals surface area (Å²) in [5.41, 5.74) is 1.61. The van der Waals surface area contributed by atoms with Crippen molar-refractivity contribution in [3.8, 4) is 6.07 Å². The van der Waals surface area contributed by atoms with Crippen LogP contribution in [0.2, 0.25) is 0 Å². The van der Waals surface area contributed by atoms with E-state index in [0.29, 0.717) is 0 Å². The number of carbonyl (C=O) groups excluding carboxylic acids is 1. The van der Waals surface area contributed by atoms with Gasteiger partial charge in [-0.05, 0) is 16.5 Å². The topological polar surface area (TPSA) is 52.9 Å². The molecule has 0 aliphatic rings. The molecule has 0 fully saturated rings. The van der Waals surface area contributed by atoms with Crippen molar-refractivity contribution in [3.05, 3.63) is 35.4 Å². The summed E-state index contributed by atoms with van der Waals surface area (Å²) in [6.45, 7) is 11.9. The SMILES string of the molecule is CC(C)(C)C(=O)NC(C#N)c1ccc(C(C)(C)C)cc1. The highest BCUT2D eigenvalue weighted by Gasteiger charge is 2.24. The monoisotopic (exact) mass is 272 g/mol. The number of carbonyl (C=O) groups is 1. The van der Waals surface area contributed by atoms with Crippen molar-refractivity contribution >= 4 is 5.91 Å². The van der Waals surface area contributed by atoms with Crippen LogP contribution in [0.3, 0.4) is 0 Å². The number of nitriles is 1. The highest BCUT2D eigenvalue weighted by Crippen LogP contribution is 2.24. The maximum Gasteiger partial charge on any atom is 0.226 e. The van der Waals surface area contributed by atoms with Gasteiger partial charge in [-0.3, -0.25) is 4.79 Å². The molecule has 1 amide bonds. The van der Waals surface area contributed by atoms with Crippen LogP contribution < -0.4 is 5.32 Å². The van der Waals surface area contributed by atoms with E-state index in [4.69, 9.17) is 0 Å². The van der Waals surface area contributed by atoms with Crippen molar-refractivity contribution in [1.29, 1.82) is 5.26 Å². The number of nitrogens with zero attached hydrogens (tertiary/aromatic N) is 1. The van der Waals surface area contributed by atoms with Gasteiger partial charge in [-0.1, -0.05) is 65.8 Å². The molecule has 0 saturated carbocycles. The first-order valence-electron chi connectivity index (χ1n) is 6.87. The van der Waals surface area contributed by atoms with Crippen LogP contribution in [-0.2, 0) is 10.2 Å². The van der Waals surface area contributed by atoms with E-state index in [1.165, 1.54) is 5.56 Å². The van der Waals surface area contributed by atoms with E-state index in [2.05, 4.69) is 32.2 Å². The molecular formula is C17H24N2O. The fourth-order valence-corrected chi connectivity index (χ4v) is 1.71. The number of nitrogens with one attached hydrogen (secondary N) is 1. The normalized spacial score (nSPS) is 13.4. The molecule has 0 aromatic heterocycles. The van der Waals surface area contributed by atoms with E-state index in [9.17, 15) is 10.1 Å². The van der Waals surface area contributed by atoms with Crippen molar-refractivity contribution in [3.63, 3.8) is 0 Å². The number of hydrogen-bond acceptors (Lipinski definition) is 2. The molecule has 1 aromatic rings. The molecular weight excluding hydrogens is 248 g/mol. The number of amides is 1. The Kier molecular flexibility index (Phi) is 4.60. The van der Waals surface area contributed by atoms with Gasteiger partial charge in [-0.15, -0.1) is 0 Å². The van der Waals surface area contributed by atoms with Gasteiger partial charge in [0.2, 0.25) is 5.91 Å². The first-order valence-corrected chi connectivity index (χ1v) is 6.87. The van der Waals surface area contributed by atoms with Crippen LogP contribution in [0.15, 0.2) is 24.3 Å². The van der Waals surface area contributed by atoms with Gasteiger partial charge in [0.1, 0.15) is 6.04 Å². The summed E-state index contributed by atoms with van der Waals surface area (Å²) >= 11 is 0. The van der Waals surface area contributed by atoms with E-state index < -0.39 is 11.5 Å². The predicted octanol–water partition coefficient (Wildman–Crippen LogP) is 3.71. The lowest BCUT2D eigenvalue weighted by molar-refractivity contribution is -0.128. The molecule has 0 aliphatic carbocycles. The minimum atomic E-state index is -0.601. The summed E-state index contributed by atoms with van der Waals surface area (Å²) in [6, 6.07) is 9.41. The molecule has 20 heavy (non-hydrogen) atoms. The first kappa shape index (κ1) is 16.2. The van der Waals surface area contributed by atoms with E-state index in [0.717, 1.165) is 5.56 Å². The van der Waals surface area contributed by atoms with Crippen LogP contribution in [0.4, 0.5) is 0 Å². The average Bonchev–Trinajstić information content (AvgIpc) is 2.33. The number of rotatable bonds is 2. The minimum Gasteiger partial charge on any atom is -0.336 e. The maximum atomic E-state index is 12.0. The second-order valence-electron chi connectivity index (χ2n) is 7.16. The Morgan fingerprint density at radius 1 is 1.10 bits per heavy atom. The Bertz CT molecular complexity index is 510. The Morgan fingerprint density at radius 3 is 1.95 bits per heavy atom. The quantitative estimate of drug-likeness (QED) is 0.892. The third kappa shape index (κ3) is 4.09. The van der Waals surface area contributed by atoms with Crippen molar-refractivity contribution in [2.45, 2.75) is 53.0 Å². The molecule has 1 N–H and O–H groups in total. The van der Waals surface area contributed by atoms with Crippen LogP contribution >= 0.6 is 0 Å². The van der Waals surface area contributed by atoms with Crippen molar-refractivity contribution in [2.24, 2.45) is 5.41 Å². The second kappa shape index (κ2) is 5.66. The van der Waals surface area contributed by atoms with Crippen LogP contribution in [0.1, 0.15) is 58.7 Å². The summed E-state index contributed by atoms with van der Waals surface area (Å²) in [7, 11) is 0. The molecule has 0 bridgehead atoms. The Balaban J connectivity index is 2.93. The molecule has 3 nitrogen and oxygen atoms in total. The van der Waals surface area contributed by atoms with E-state index in [-0.39, 0.29) is 11.3 Å². The minimum absolute atomic E-state index is 0.0787. The lowest BCUT2D eigenvalue weighted by Crippen LogP contribution is -2.37. The lowest BCUT2D eigenvalue weighted by Gasteiger charge is -2.22. The van der Waals surface area contributed by atoms with E-state index in [1.807, 2.05) is 45.0 Å². The molecule has 0 spiro atoms. The zero-order valence-electron chi connectivity index (χ0n) is 13.2. The maximum absolute atomic E-state index is 12.0. The van der Waals surface area contributed by atoms with Crippen molar-refractivity contribution in [1.82, 2.24) is 5.32 Å². The average molecular weight is 272 g/mol. The summed E-state index contributed by atoms with van der Waals surface area (Å²) in [4.78, 5) is 12.0. The Labute approximate surface area is 122 Å². The van der Waals surface area contributed by atoms with Gasteiger partial charge >= 0.3 is 0 Å². The largest absolute Gasteiger partial charge is 0.336 e. The first-order chi connectivity index (χ1) is 9.05. The van der Waals surface area contributed by atoms with Crippen LogP contribution in [0, 0.1) is 16.7 Å². The summed E-state index contributed by atoms with van der Waals surface area (Å²) in [6.07, 6.45) is 0. The van der Waals surface area contributed by atoms with Gasteiger partial charge in [0.25, 0.3) is 0 Å². The summed E-state index contributed by atoms with van der Waals surface area (Å²) < 4.78 is 0. The standard InChI is InChI=1S/C17H24N2O/c1-16(2,3)13-9-7-12(8-10-13)14(11-18)19-15(20)17(4,5)6/h7-10,14H,1-6H3,(H,19,20). The van der Waals surface area contributed by atoms with Gasteiger partial charge in [0.05, 0.1) is 6.07 Å². The fraction of sp³-hybridized carbons (Fsp3) is 0.529. The molecule has 1 atom stereocenters. The highest BCUT2D eigenvalue weighted by molar-refractivity contribution is 5.82. The highest BCUT2D eigenvalue weighted by atomic mass is 16.2. The molecule has 1 rings (SSSR count). The van der Waals surface area contributed by atoms with Gasteiger partial charge in [-0.25, -0.2) is 0 Å². The van der Waals surface area contributed by atoms with E-state index in [1.54, 1.807) is 0 Å². The molecule has 108 valence electrons. The Hall–Kier alpha value is -1.82. The zero-order chi connectivity index (χ0) is 15.6. The molecule has 1 unspecified atom stereocenters. The third-order valence-electron chi connectivity index (χ3n) is 3.20. The molecule has 0 heterocycles. The van der Waals surface area contributed by atoms with Crippen molar-refractivity contribution in [2.75, 3.05) is 0 Å². The fourth-order valence-electron chi connectivity index (χ4n) is 1.71. The smallest absolute Gasteiger partial charge is 0.226 e. The lowest BCUT2D eigenvalue weighted by atomic mass is 9.86. The summed E-state index contributed by atoms with van der Waals surface area (Å²) in [5, 5.41) is 12.0. The molecule has 0 radical (unpaired) electrons. The number of benzene rings is 1. The zero-order valence-corrected chi connectivity index (χ0v) is 13.2. The Morgan fingerprint density at radius 2 is 1.60 bits per heavy atom. The van der Waals surface area contributed by atoms with Gasteiger partial charge in [0.15, 0.2) is 0 Å². The predicted molar refractivity (Wildman–Crippen MR) is 81.1 cm³/mol. The molecule has 0 aliphatic heterocycles. The van der Waals surface area contributed by atoms with Gasteiger partial charge in [-0.2, -0.15) is 5.26 Å². The molecule has 1 aromatic carbocycles.